The van der Waals surface area contributed by atoms with Crippen LogP contribution in [0.1, 0.15) is 27.3 Å². The second-order valence-corrected chi connectivity index (χ2v) is 4.87. The Kier molecular flexibility index (Phi) is 3.89. The van der Waals surface area contributed by atoms with E-state index in [-0.39, 0.29) is 17.0 Å². The quantitative estimate of drug-likeness (QED) is 0.814. The van der Waals surface area contributed by atoms with Gasteiger partial charge in [0.2, 0.25) is 0 Å². The second-order valence-electron chi connectivity index (χ2n) is 4.87. The lowest BCUT2D eigenvalue weighted by Crippen LogP contribution is -2.24. The molecule has 0 amide bonds. The van der Waals surface area contributed by atoms with Crippen LogP contribution in [0.5, 0.6) is 0 Å². The minimum atomic E-state index is -4.88. The van der Waals surface area contributed by atoms with Crippen LogP contribution in [0.3, 0.4) is 0 Å². The number of rotatable bonds is 4. The highest BCUT2D eigenvalue weighted by atomic mass is 19.4. The van der Waals surface area contributed by atoms with Crippen LogP contribution < -0.4 is 0 Å². The number of hydrogen-bond donors (Lipinski definition) is 0. The number of aryl methyl sites for hydroxylation is 4. The Bertz CT molecular complexity index is 669. The van der Waals surface area contributed by atoms with Crippen molar-refractivity contribution >= 4 is 5.78 Å². The fourth-order valence-corrected chi connectivity index (χ4v) is 2.22. The van der Waals surface area contributed by atoms with Gasteiger partial charge in [-0.3, -0.25) is 14.2 Å². The van der Waals surface area contributed by atoms with Gasteiger partial charge in [-0.05, 0) is 25.8 Å². The van der Waals surface area contributed by atoms with E-state index in [9.17, 15) is 18.0 Å². The highest BCUT2D eigenvalue weighted by Gasteiger charge is 2.42. The molecule has 0 saturated heterocycles. The molecule has 0 radical (unpaired) electrons. The van der Waals surface area contributed by atoms with E-state index < -0.39 is 12.0 Å². The minimum absolute atomic E-state index is 0.0982. The van der Waals surface area contributed by atoms with E-state index in [1.807, 2.05) is 6.20 Å². The van der Waals surface area contributed by atoms with Gasteiger partial charge >= 0.3 is 6.18 Å². The SMILES string of the molecule is Cc1nn(CCc2cnn(C)c2)c(C)c1C(=O)C(F)(F)F. The Balaban J connectivity index is 2.21. The van der Waals surface area contributed by atoms with E-state index in [0.29, 0.717) is 13.0 Å². The first kappa shape index (κ1) is 15.3. The van der Waals surface area contributed by atoms with Gasteiger partial charge in [-0.2, -0.15) is 23.4 Å². The maximum Gasteiger partial charge on any atom is 0.455 e. The average Bonchev–Trinajstić information content (AvgIpc) is 2.89. The minimum Gasteiger partial charge on any atom is -0.284 e. The standard InChI is InChI=1S/C13H15F3N4O/c1-8-11(12(21)13(14,15)16)9(2)20(18-8)5-4-10-6-17-19(3)7-10/h6-7H,4-5H2,1-3H3. The summed E-state index contributed by atoms with van der Waals surface area (Å²) in [5.74, 6) is -1.84. The summed E-state index contributed by atoms with van der Waals surface area (Å²) in [5, 5.41) is 8.05. The molecule has 5 nitrogen and oxygen atoms in total. The van der Waals surface area contributed by atoms with Crippen LogP contribution in [0, 0.1) is 13.8 Å². The van der Waals surface area contributed by atoms with E-state index in [1.54, 1.807) is 17.9 Å². The molecule has 2 rings (SSSR count). The van der Waals surface area contributed by atoms with Gasteiger partial charge in [-0.1, -0.05) is 0 Å². The normalized spacial score (nSPS) is 11.9. The van der Waals surface area contributed by atoms with Gasteiger partial charge in [-0.25, -0.2) is 0 Å². The zero-order valence-electron chi connectivity index (χ0n) is 11.9. The molecular weight excluding hydrogens is 285 g/mol. The van der Waals surface area contributed by atoms with Crippen molar-refractivity contribution in [1.29, 1.82) is 0 Å². The highest BCUT2D eigenvalue weighted by molar-refractivity contribution is 6.02. The number of alkyl halides is 3. The summed E-state index contributed by atoms with van der Waals surface area (Å²) in [4.78, 5) is 11.4. The molecule has 2 aromatic rings. The molecule has 0 fully saturated rings. The van der Waals surface area contributed by atoms with Crippen molar-refractivity contribution in [3.05, 3.63) is 34.9 Å². The number of ketones is 1. The Morgan fingerprint density at radius 1 is 1.33 bits per heavy atom. The lowest BCUT2D eigenvalue weighted by molar-refractivity contribution is -0.0886. The Morgan fingerprint density at radius 3 is 2.52 bits per heavy atom. The van der Waals surface area contributed by atoms with Gasteiger partial charge in [0, 0.05) is 25.5 Å². The molecule has 0 bridgehead atoms. The van der Waals surface area contributed by atoms with Crippen molar-refractivity contribution in [2.75, 3.05) is 0 Å². The van der Waals surface area contributed by atoms with Gasteiger partial charge in [-0.15, -0.1) is 0 Å². The van der Waals surface area contributed by atoms with Crippen LogP contribution in [0.2, 0.25) is 0 Å². The highest BCUT2D eigenvalue weighted by Crippen LogP contribution is 2.25. The van der Waals surface area contributed by atoms with E-state index in [1.165, 1.54) is 18.5 Å². The Labute approximate surface area is 119 Å². The van der Waals surface area contributed by atoms with Crippen molar-refractivity contribution in [2.45, 2.75) is 33.0 Å². The molecule has 0 aromatic carbocycles. The summed E-state index contributed by atoms with van der Waals surface area (Å²) < 4.78 is 40.8. The second kappa shape index (κ2) is 5.34. The average molecular weight is 300 g/mol. The van der Waals surface area contributed by atoms with E-state index in [2.05, 4.69) is 10.2 Å². The van der Waals surface area contributed by atoms with Gasteiger partial charge in [0.05, 0.1) is 17.5 Å². The summed E-state index contributed by atoms with van der Waals surface area (Å²) in [6, 6.07) is 0. The van der Waals surface area contributed by atoms with Crippen molar-refractivity contribution in [2.24, 2.45) is 7.05 Å². The van der Waals surface area contributed by atoms with Crippen LogP contribution in [0.15, 0.2) is 12.4 Å². The zero-order valence-corrected chi connectivity index (χ0v) is 11.9. The van der Waals surface area contributed by atoms with Crippen molar-refractivity contribution in [3.8, 4) is 0 Å². The number of halogens is 3. The van der Waals surface area contributed by atoms with Crippen LogP contribution in [-0.2, 0) is 20.0 Å². The first-order valence-corrected chi connectivity index (χ1v) is 6.33. The topological polar surface area (TPSA) is 52.7 Å². The van der Waals surface area contributed by atoms with Crippen LogP contribution in [0.4, 0.5) is 13.2 Å². The molecule has 8 heteroatoms. The summed E-state index contributed by atoms with van der Waals surface area (Å²) in [6.45, 7) is 3.28. The molecular formula is C13H15F3N4O. The van der Waals surface area contributed by atoms with Crippen LogP contribution in [0.25, 0.3) is 0 Å². The predicted octanol–water partition coefficient (Wildman–Crippen LogP) is 2.22. The third kappa shape index (κ3) is 3.14. The third-order valence-corrected chi connectivity index (χ3v) is 3.24. The van der Waals surface area contributed by atoms with E-state index in [4.69, 9.17) is 0 Å². The Hall–Kier alpha value is -2.12. The van der Waals surface area contributed by atoms with Crippen LogP contribution in [-0.4, -0.2) is 31.5 Å². The fraction of sp³-hybridized carbons (Fsp3) is 0.462. The maximum absolute atomic E-state index is 12.6. The lowest BCUT2D eigenvalue weighted by Gasteiger charge is -2.06. The Morgan fingerprint density at radius 2 is 2.00 bits per heavy atom. The molecule has 0 aliphatic rings. The molecule has 0 spiro atoms. The molecule has 0 N–H and O–H groups in total. The smallest absolute Gasteiger partial charge is 0.284 e. The third-order valence-electron chi connectivity index (χ3n) is 3.24. The summed E-state index contributed by atoms with van der Waals surface area (Å²) in [6.07, 6.45) is -0.789. The van der Waals surface area contributed by atoms with Crippen molar-refractivity contribution in [3.63, 3.8) is 0 Å². The molecule has 0 atom stereocenters. The van der Waals surface area contributed by atoms with Crippen LogP contribution >= 0.6 is 0 Å². The summed E-state index contributed by atoms with van der Waals surface area (Å²) >= 11 is 0. The maximum atomic E-state index is 12.6. The van der Waals surface area contributed by atoms with Gasteiger partial charge in [0.15, 0.2) is 0 Å². The number of carbonyl (C=O) groups is 1. The fourth-order valence-electron chi connectivity index (χ4n) is 2.22. The molecule has 21 heavy (non-hydrogen) atoms. The molecule has 0 aliphatic carbocycles. The van der Waals surface area contributed by atoms with Crippen molar-refractivity contribution in [1.82, 2.24) is 19.6 Å². The molecule has 0 unspecified atom stereocenters. The predicted molar refractivity (Wildman–Crippen MR) is 69.0 cm³/mol. The summed E-state index contributed by atoms with van der Waals surface area (Å²) in [5.41, 5.74) is 0.933. The largest absolute Gasteiger partial charge is 0.455 e. The van der Waals surface area contributed by atoms with Crippen molar-refractivity contribution < 1.29 is 18.0 Å². The number of Topliss-reactive ketones (excluding diaryl/α,β-unsaturated/α-hetero) is 1. The van der Waals surface area contributed by atoms with Gasteiger partial charge < -0.3 is 0 Å². The lowest BCUT2D eigenvalue weighted by atomic mass is 10.1. The summed E-state index contributed by atoms with van der Waals surface area (Å²) in [7, 11) is 1.78. The molecule has 114 valence electrons. The van der Waals surface area contributed by atoms with Gasteiger partial charge in [0.1, 0.15) is 0 Å². The van der Waals surface area contributed by atoms with E-state index in [0.717, 1.165) is 5.56 Å². The number of aromatic nitrogens is 4. The van der Waals surface area contributed by atoms with E-state index >= 15 is 0 Å². The number of nitrogens with zero attached hydrogens (tertiary/aromatic N) is 4. The number of hydrogen-bond acceptors (Lipinski definition) is 3. The first-order valence-electron chi connectivity index (χ1n) is 6.33. The number of carbonyl (C=O) groups excluding carboxylic acids is 1. The zero-order chi connectivity index (χ0) is 15.8. The molecule has 2 aromatic heterocycles. The molecule has 0 saturated carbocycles. The van der Waals surface area contributed by atoms with Gasteiger partial charge in [0.25, 0.3) is 5.78 Å². The molecule has 0 aliphatic heterocycles. The first-order chi connectivity index (χ1) is 9.70. The molecule has 2 heterocycles. The monoisotopic (exact) mass is 300 g/mol.